The van der Waals surface area contributed by atoms with E-state index < -0.39 is 0 Å². The van der Waals surface area contributed by atoms with Crippen LogP contribution in [0.25, 0.3) is 0 Å². The van der Waals surface area contributed by atoms with Crippen molar-refractivity contribution in [2.75, 3.05) is 26.0 Å². The lowest BCUT2D eigenvalue weighted by atomic mass is 10.3. The van der Waals surface area contributed by atoms with Gasteiger partial charge in [0.1, 0.15) is 0 Å². The molecule has 0 aliphatic carbocycles. The Balaban J connectivity index is 2.02. The van der Waals surface area contributed by atoms with Crippen molar-refractivity contribution in [3.05, 3.63) is 16.3 Å². The largest absolute Gasteiger partial charge is 0.398 e. The van der Waals surface area contributed by atoms with Crippen molar-refractivity contribution in [3.8, 4) is 0 Å². The number of nitrogens with one attached hydrogen (secondary N) is 1. The summed E-state index contributed by atoms with van der Waals surface area (Å²) in [5.41, 5.74) is 6.66. The van der Waals surface area contributed by atoms with E-state index in [2.05, 4.69) is 5.32 Å². The third-order valence-electron chi connectivity index (χ3n) is 2.02. The number of unbranched alkanes of at least 4 members (excludes halogenated alkanes) is 1. The van der Waals surface area contributed by atoms with Gasteiger partial charge in [-0.25, -0.2) is 0 Å². The summed E-state index contributed by atoms with van der Waals surface area (Å²) >= 11 is 1.71. The minimum Gasteiger partial charge on any atom is -0.398 e. The topological polar surface area (TPSA) is 47.3 Å². The highest BCUT2D eigenvalue weighted by atomic mass is 32.1. The lowest BCUT2D eigenvalue weighted by Crippen LogP contribution is -2.15. The van der Waals surface area contributed by atoms with Crippen molar-refractivity contribution in [3.63, 3.8) is 0 Å². The molecule has 1 rings (SSSR count). The van der Waals surface area contributed by atoms with E-state index in [0.717, 1.165) is 38.2 Å². The molecule has 0 amide bonds. The minimum absolute atomic E-state index is 0.850. The van der Waals surface area contributed by atoms with Crippen LogP contribution in [0, 0.1) is 0 Å². The molecule has 80 valence electrons. The zero-order chi connectivity index (χ0) is 10.2. The van der Waals surface area contributed by atoms with E-state index in [4.69, 9.17) is 10.5 Å². The van der Waals surface area contributed by atoms with Gasteiger partial charge in [-0.1, -0.05) is 0 Å². The lowest BCUT2D eigenvalue weighted by molar-refractivity contribution is 0.192. The summed E-state index contributed by atoms with van der Waals surface area (Å²) in [6.07, 6.45) is 2.27. The van der Waals surface area contributed by atoms with Gasteiger partial charge in [0.15, 0.2) is 0 Å². The summed E-state index contributed by atoms with van der Waals surface area (Å²) < 4.78 is 4.97. The van der Waals surface area contributed by atoms with Crippen molar-refractivity contribution in [1.82, 2.24) is 5.32 Å². The van der Waals surface area contributed by atoms with Crippen LogP contribution in [0.1, 0.15) is 17.7 Å². The summed E-state index contributed by atoms with van der Waals surface area (Å²) in [6.45, 7) is 2.76. The molecular formula is C10H18N2OS. The molecule has 0 saturated heterocycles. The Kier molecular flexibility index (Phi) is 5.59. The normalized spacial score (nSPS) is 10.6. The van der Waals surface area contributed by atoms with E-state index in [0.29, 0.717) is 0 Å². The van der Waals surface area contributed by atoms with Gasteiger partial charge in [0, 0.05) is 30.8 Å². The summed E-state index contributed by atoms with van der Waals surface area (Å²) in [5, 5.41) is 5.39. The lowest BCUT2D eigenvalue weighted by Gasteiger charge is -2.03. The third kappa shape index (κ3) is 4.09. The van der Waals surface area contributed by atoms with E-state index in [9.17, 15) is 0 Å². The van der Waals surface area contributed by atoms with E-state index in [-0.39, 0.29) is 0 Å². The molecule has 1 heterocycles. The van der Waals surface area contributed by atoms with E-state index in [1.807, 2.05) is 11.4 Å². The summed E-state index contributed by atoms with van der Waals surface area (Å²) in [5.74, 6) is 0. The molecule has 0 unspecified atom stereocenters. The second kappa shape index (κ2) is 6.81. The number of anilines is 1. The molecule has 0 aliphatic rings. The molecule has 0 aliphatic heterocycles. The predicted molar refractivity (Wildman–Crippen MR) is 61.5 cm³/mol. The Morgan fingerprint density at radius 1 is 1.50 bits per heavy atom. The fourth-order valence-electron chi connectivity index (χ4n) is 1.19. The Labute approximate surface area is 89.3 Å². The smallest absolute Gasteiger partial charge is 0.0468 e. The van der Waals surface area contributed by atoms with Crippen LogP contribution < -0.4 is 11.1 Å². The van der Waals surface area contributed by atoms with Gasteiger partial charge in [0.2, 0.25) is 0 Å². The number of methoxy groups -OCH3 is 1. The van der Waals surface area contributed by atoms with Crippen molar-refractivity contribution >= 4 is 17.0 Å². The molecule has 3 nitrogen and oxygen atoms in total. The molecule has 4 heteroatoms. The number of ether oxygens (including phenoxy) is 1. The summed E-state index contributed by atoms with van der Waals surface area (Å²) in [7, 11) is 1.74. The van der Waals surface area contributed by atoms with Crippen molar-refractivity contribution in [2.24, 2.45) is 0 Å². The molecular weight excluding hydrogens is 196 g/mol. The molecule has 0 spiro atoms. The van der Waals surface area contributed by atoms with E-state index >= 15 is 0 Å². The number of rotatable bonds is 7. The Hall–Kier alpha value is -0.580. The third-order valence-corrected chi connectivity index (χ3v) is 2.95. The van der Waals surface area contributed by atoms with Crippen LogP contribution in [-0.4, -0.2) is 20.3 Å². The fraction of sp³-hybridized carbons (Fsp3) is 0.600. The maximum atomic E-state index is 5.75. The molecule has 0 aromatic carbocycles. The Bertz CT molecular complexity index is 250. The number of hydrogen-bond donors (Lipinski definition) is 2. The molecule has 0 bridgehead atoms. The van der Waals surface area contributed by atoms with Crippen LogP contribution in [0.3, 0.4) is 0 Å². The molecule has 0 radical (unpaired) electrons. The Morgan fingerprint density at radius 2 is 2.36 bits per heavy atom. The van der Waals surface area contributed by atoms with Gasteiger partial charge < -0.3 is 15.8 Å². The molecule has 14 heavy (non-hydrogen) atoms. The number of nitrogens with two attached hydrogens (primary N) is 1. The van der Waals surface area contributed by atoms with Crippen LogP contribution in [0.5, 0.6) is 0 Å². The van der Waals surface area contributed by atoms with E-state index in [1.165, 1.54) is 4.88 Å². The minimum atomic E-state index is 0.850. The zero-order valence-corrected chi connectivity index (χ0v) is 9.40. The molecule has 1 aromatic heterocycles. The predicted octanol–water partition coefficient (Wildman–Crippen LogP) is 1.85. The first-order valence-electron chi connectivity index (χ1n) is 4.86. The van der Waals surface area contributed by atoms with Gasteiger partial charge in [-0.3, -0.25) is 0 Å². The van der Waals surface area contributed by atoms with Crippen LogP contribution in [0.4, 0.5) is 5.69 Å². The first-order chi connectivity index (χ1) is 6.84. The van der Waals surface area contributed by atoms with Gasteiger partial charge in [-0.15, -0.1) is 11.3 Å². The highest BCUT2D eigenvalue weighted by Crippen LogP contribution is 2.17. The van der Waals surface area contributed by atoms with Gasteiger partial charge in [0.05, 0.1) is 0 Å². The fourth-order valence-corrected chi connectivity index (χ4v) is 1.96. The zero-order valence-electron chi connectivity index (χ0n) is 8.58. The van der Waals surface area contributed by atoms with Gasteiger partial charge in [0.25, 0.3) is 0 Å². The molecule has 3 N–H and O–H groups in total. The maximum Gasteiger partial charge on any atom is 0.0468 e. The van der Waals surface area contributed by atoms with Crippen LogP contribution in [0.15, 0.2) is 11.4 Å². The highest BCUT2D eigenvalue weighted by Gasteiger charge is 1.98. The van der Waals surface area contributed by atoms with Crippen LogP contribution in [-0.2, 0) is 11.3 Å². The first kappa shape index (κ1) is 11.5. The number of nitrogen functional groups attached to an aromatic ring is 1. The average molecular weight is 214 g/mol. The van der Waals surface area contributed by atoms with E-state index in [1.54, 1.807) is 18.4 Å². The molecule has 1 aromatic rings. The quantitative estimate of drug-likeness (QED) is 0.681. The van der Waals surface area contributed by atoms with Gasteiger partial charge >= 0.3 is 0 Å². The molecule has 0 fully saturated rings. The van der Waals surface area contributed by atoms with Crippen LogP contribution in [0.2, 0.25) is 0 Å². The second-order valence-corrected chi connectivity index (χ2v) is 4.18. The SMILES string of the molecule is COCCCCNCc1sccc1N. The van der Waals surface area contributed by atoms with Crippen molar-refractivity contribution < 1.29 is 4.74 Å². The van der Waals surface area contributed by atoms with Gasteiger partial charge in [-0.05, 0) is 30.8 Å². The van der Waals surface area contributed by atoms with Crippen LogP contribution >= 0.6 is 11.3 Å². The first-order valence-corrected chi connectivity index (χ1v) is 5.74. The summed E-state index contributed by atoms with van der Waals surface area (Å²) in [6, 6.07) is 1.95. The number of hydrogen-bond acceptors (Lipinski definition) is 4. The molecule has 0 saturated carbocycles. The van der Waals surface area contributed by atoms with Gasteiger partial charge in [-0.2, -0.15) is 0 Å². The maximum absolute atomic E-state index is 5.75. The second-order valence-electron chi connectivity index (χ2n) is 3.18. The monoisotopic (exact) mass is 214 g/mol. The molecule has 0 atom stereocenters. The Morgan fingerprint density at radius 3 is 3.00 bits per heavy atom. The van der Waals surface area contributed by atoms with Crippen molar-refractivity contribution in [2.45, 2.75) is 19.4 Å². The number of thiophene rings is 1. The van der Waals surface area contributed by atoms with Crippen molar-refractivity contribution in [1.29, 1.82) is 0 Å². The standard InChI is InChI=1S/C10H18N2OS/c1-13-6-3-2-5-12-8-10-9(11)4-7-14-10/h4,7,12H,2-3,5-6,8,11H2,1H3. The summed E-state index contributed by atoms with van der Waals surface area (Å²) in [4.78, 5) is 1.23. The average Bonchev–Trinajstić information content (AvgIpc) is 2.58. The highest BCUT2D eigenvalue weighted by molar-refractivity contribution is 7.10.